The highest BCUT2D eigenvalue weighted by atomic mass is 35.5. The standard InChI is InChI=1S/C15H20N4O3.ClH/c1-10(16)6-8-17-13(20)7-9-19-12-5-3-2-4-11(12)14(21)18-15(19)22;/h2-5,10H,6-9,16H2,1H3,(H,17,20)(H,18,21,22);1H. The van der Waals surface area contributed by atoms with E-state index < -0.39 is 11.2 Å². The van der Waals surface area contributed by atoms with E-state index in [-0.39, 0.29) is 37.3 Å². The molecule has 23 heavy (non-hydrogen) atoms. The van der Waals surface area contributed by atoms with Gasteiger partial charge in [0.1, 0.15) is 0 Å². The Morgan fingerprint density at radius 2 is 2.04 bits per heavy atom. The minimum absolute atomic E-state index is 0. The summed E-state index contributed by atoms with van der Waals surface area (Å²) in [5.41, 5.74) is 5.21. The number of nitrogens with one attached hydrogen (secondary N) is 2. The van der Waals surface area contributed by atoms with Crippen molar-refractivity contribution in [3.63, 3.8) is 0 Å². The Balaban J connectivity index is 0.00000264. The number of carbonyl (C=O) groups is 1. The van der Waals surface area contributed by atoms with Gasteiger partial charge in [0.15, 0.2) is 0 Å². The summed E-state index contributed by atoms with van der Waals surface area (Å²) in [7, 11) is 0. The fraction of sp³-hybridized carbons (Fsp3) is 0.400. The lowest BCUT2D eigenvalue weighted by Gasteiger charge is -2.10. The molecule has 0 spiro atoms. The predicted octanol–water partition coefficient (Wildman–Crippen LogP) is 0.355. The van der Waals surface area contributed by atoms with Gasteiger partial charge in [0.25, 0.3) is 5.56 Å². The zero-order chi connectivity index (χ0) is 16.1. The highest BCUT2D eigenvalue weighted by Gasteiger charge is 2.08. The second kappa shape index (κ2) is 8.50. The molecule has 0 saturated carbocycles. The van der Waals surface area contributed by atoms with E-state index in [1.54, 1.807) is 24.3 Å². The van der Waals surface area contributed by atoms with E-state index in [0.29, 0.717) is 23.9 Å². The molecule has 0 fully saturated rings. The van der Waals surface area contributed by atoms with Gasteiger partial charge in [-0.25, -0.2) is 4.79 Å². The van der Waals surface area contributed by atoms with Gasteiger partial charge in [0, 0.05) is 25.6 Å². The Morgan fingerprint density at radius 3 is 2.74 bits per heavy atom. The molecule has 1 unspecified atom stereocenters. The molecule has 1 aromatic carbocycles. The van der Waals surface area contributed by atoms with Crippen LogP contribution >= 0.6 is 12.4 Å². The zero-order valence-corrected chi connectivity index (χ0v) is 13.7. The van der Waals surface area contributed by atoms with Gasteiger partial charge >= 0.3 is 5.69 Å². The number of carbonyl (C=O) groups excluding carboxylic acids is 1. The van der Waals surface area contributed by atoms with Crippen LogP contribution in [0.15, 0.2) is 33.9 Å². The lowest BCUT2D eigenvalue weighted by Crippen LogP contribution is -2.33. The van der Waals surface area contributed by atoms with Crippen molar-refractivity contribution in [1.82, 2.24) is 14.9 Å². The van der Waals surface area contributed by atoms with E-state index >= 15 is 0 Å². The summed E-state index contributed by atoms with van der Waals surface area (Å²) in [5, 5.41) is 3.19. The highest BCUT2D eigenvalue weighted by Crippen LogP contribution is 2.06. The summed E-state index contributed by atoms with van der Waals surface area (Å²) in [6.07, 6.45) is 0.863. The molecule has 0 bridgehead atoms. The average Bonchev–Trinajstić information content (AvgIpc) is 2.46. The fourth-order valence-electron chi connectivity index (χ4n) is 2.21. The summed E-state index contributed by atoms with van der Waals surface area (Å²) in [6.45, 7) is 2.59. The Hall–Kier alpha value is -2.12. The van der Waals surface area contributed by atoms with Gasteiger partial charge in [-0.05, 0) is 25.5 Å². The van der Waals surface area contributed by atoms with Crippen molar-refractivity contribution in [2.24, 2.45) is 5.73 Å². The molecule has 1 heterocycles. The van der Waals surface area contributed by atoms with E-state index in [1.807, 2.05) is 6.92 Å². The summed E-state index contributed by atoms with van der Waals surface area (Å²) < 4.78 is 1.40. The number of hydrogen-bond donors (Lipinski definition) is 3. The molecule has 1 amide bonds. The smallest absolute Gasteiger partial charge is 0.328 e. The normalized spacial score (nSPS) is 11.7. The van der Waals surface area contributed by atoms with E-state index in [9.17, 15) is 14.4 Å². The van der Waals surface area contributed by atoms with Crippen LogP contribution in [0.4, 0.5) is 0 Å². The maximum Gasteiger partial charge on any atom is 0.328 e. The molecular formula is C15H21ClN4O3. The lowest BCUT2D eigenvalue weighted by molar-refractivity contribution is -0.121. The van der Waals surface area contributed by atoms with Gasteiger partial charge in [-0.15, -0.1) is 12.4 Å². The van der Waals surface area contributed by atoms with Crippen LogP contribution < -0.4 is 22.3 Å². The number of nitrogens with two attached hydrogens (primary N) is 1. The van der Waals surface area contributed by atoms with Gasteiger partial charge in [-0.2, -0.15) is 0 Å². The number of aromatic nitrogens is 2. The Kier molecular flexibility index (Phi) is 6.99. The summed E-state index contributed by atoms with van der Waals surface area (Å²) in [5.74, 6) is -0.150. The Bertz CT molecular complexity index is 782. The number of aryl methyl sites for hydroxylation is 1. The number of nitrogens with zero attached hydrogens (tertiary/aromatic N) is 1. The monoisotopic (exact) mass is 340 g/mol. The molecule has 0 radical (unpaired) electrons. The molecule has 0 aliphatic heterocycles. The van der Waals surface area contributed by atoms with E-state index in [4.69, 9.17) is 5.73 Å². The van der Waals surface area contributed by atoms with Crippen LogP contribution in [-0.4, -0.2) is 28.0 Å². The summed E-state index contributed by atoms with van der Waals surface area (Å²) in [4.78, 5) is 37.7. The second-order valence-electron chi connectivity index (χ2n) is 5.29. The van der Waals surface area contributed by atoms with Gasteiger partial charge in [-0.3, -0.25) is 19.1 Å². The maximum atomic E-state index is 11.9. The highest BCUT2D eigenvalue weighted by molar-refractivity contribution is 5.85. The van der Waals surface area contributed by atoms with Crippen LogP contribution in [0.5, 0.6) is 0 Å². The lowest BCUT2D eigenvalue weighted by atomic mass is 10.2. The molecule has 0 saturated heterocycles. The first kappa shape index (κ1) is 18.9. The summed E-state index contributed by atoms with van der Waals surface area (Å²) >= 11 is 0. The SMILES string of the molecule is CC(N)CCNC(=O)CCn1c(=O)[nH]c(=O)c2ccccc21.Cl. The second-order valence-corrected chi connectivity index (χ2v) is 5.29. The maximum absolute atomic E-state index is 11.9. The molecule has 7 nitrogen and oxygen atoms in total. The van der Waals surface area contributed by atoms with Crippen molar-refractivity contribution in [2.45, 2.75) is 32.4 Å². The number of benzene rings is 1. The van der Waals surface area contributed by atoms with Gasteiger partial charge in [0.2, 0.25) is 5.91 Å². The number of hydrogen-bond acceptors (Lipinski definition) is 4. The van der Waals surface area contributed by atoms with Gasteiger partial charge in [-0.1, -0.05) is 12.1 Å². The molecule has 126 valence electrons. The van der Waals surface area contributed by atoms with Crippen molar-refractivity contribution >= 4 is 29.2 Å². The van der Waals surface area contributed by atoms with Crippen LogP contribution in [0.3, 0.4) is 0 Å². The molecule has 8 heteroatoms. The topological polar surface area (TPSA) is 110 Å². The Morgan fingerprint density at radius 1 is 1.35 bits per heavy atom. The van der Waals surface area contributed by atoms with Gasteiger partial charge < -0.3 is 11.1 Å². The first-order valence-corrected chi connectivity index (χ1v) is 7.23. The number of H-pyrrole nitrogens is 1. The number of aromatic amines is 1. The zero-order valence-electron chi connectivity index (χ0n) is 12.9. The van der Waals surface area contributed by atoms with Crippen molar-refractivity contribution in [3.8, 4) is 0 Å². The third-order valence-electron chi connectivity index (χ3n) is 3.39. The van der Waals surface area contributed by atoms with Crippen molar-refractivity contribution < 1.29 is 4.79 Å². The molecule has 1 aromatic heterocycles. The van der Waals surface area contributed by atoms with Crippen LogP contribution in [-0.2, 0) is 11.3 Å². The van der Waals surface area contributed by atoms with Crippen LogP contribution in [0.25, 0.3) is 10.9 Å². The quantitative estimate of drug-likeness (QED) is 0.705. The molecule has 2 aromatic rings. The molecule has 0 aliphatic rings. The van der Waals surface area contributed by atoms with Gasteiger partial charge in [0.05, 0.1) is 10.9 Å². The van der Waals surface area contributed by atoms with Crippen LogP contribution in [0, 0.1) is 0 Å². The van der Waals surface area contributed by atoms with Crippen molar-refractivity contribution in [2.75, 3.05) is 6.54 Å². The first-order valence-electron chi connectivity index (χ1n) is 7.23. The molecule has 1 atom stereocenters. The molecule has 2 rings (SSSR count). The third-order valence-corrected chi connectivity index (χ3v) is 3.39. The minimum atomic E-state index is -0.507. The average molecular weight is 341 g/mol. The molecule has 4 N–H and O–H groups in total. The fourth-order valence-corrected chi connectivity index (χ4v) is 2.21. The van der Waals surface area contributed by atoms with E-state index in [1.165, 1.54) is 4.57 Å². The first-order chi connectivity index (χ1) is 10.5. The van der Waals surface area contributed by atoms with E-state index in [0.717, 1.165) is 0 Å². The largest absolute Gasteiger partial charge is 0.356 e. The molecular weight excluding hydrogens is 320 g/mol. The number of rotatable bonds is 6. The van der Waals surface area contributed by atoms with Crippen molar-refractivity contribution in [1.29, 1.82) is 0 Å². The van der Waals surface area contributed by atoms with Crippen LogP contribution in [0.2, 0.25) is 0 Å². The van der Waals surface area contributed by atoms with Crippen LogP contribution in [0.1, 0.15) is 19.8 Å². The Labute approximate surface area is 139 Å². The minimum Gasteiger partial charge on any atom is -0.356 e. The predicted molar refractivity (Wildman–Crippen MR) is 92.0 cm³/mol. The number of fused-ring (bicyclic) bond motifs is 1. The third kappa shape index (κ3) is 4.94. The van der Waals surface area contributed by atoms with E-state index in [2.05, 4.69) is 10.3 Å². The number of amides is 1. The molecule has 0 aliphatic carbocycles. The number of halogens is 1. The number of para-hydroxylation sites is 1. The van der Waals surface area contributed by atoms with Crippen molar-refractivity contribution in [3.05, 3.63) is 45.1 Å². The summed E-state index contributed by atoms with van der Waals surface area (Å²) in [6, 6.07) is 6.85.